The molecule has 3 atom stereocenters. The standard InChI is InChI=1S/C20H22N4O3S2/c1-12-19(13(2)25)22-23-24(12)20(18-10-16(28)11-21-18)29(26,27)17-8-7-14-5-3-4-6-15(14)9-17/h3-9,16,18,20-21,28H,10-11H2,1-2H3. The first-order valence-corrected chi connectivity index (χ1v) is 11.4. The van der Waals surface area contributed by atoms with Gasteiger partial charge in [0.2, 0.25) is 9.84 Å². The van der Waals surface area contributed by atoms with E-state index in [2.05, 4.69) is 28.3 Å². The number of aromatic nitrogens is 3. The quantitative estimate of drug-likeness (QED) is 0.477. The largest absolute Gasteiger partial charge is 0.310 e. The summed E-state index contributed by atoms with van der Waals surface area (Å²) in [6.07, 6.45) is 0.565. The molecule has 2 aromatic carbocycles. The SMILES string of the molecule is CC(=O)c1nnn(C(C2CC(S)CN2)S(=O)(=O)c2ccc3ccccc3c2)c1C. The molecule has 0 aliphatic carbocycles. The first kappa shape index (κ1) is 20.1. The highest BCUT2D eigenvalue weighted by atomic mass is 32.2. The van der Waals surface area contributed by atoms with Crippen molar-refractivity contribution in [3.63, 3.8) is 0 Å². The molecule has 0 spiro atoms. The zero-order chi connectivity index (χ0) is 20.8. The third-order valence-corrected chi connectivity index (χ3v) is 7.82. The number of fused-ring (bicyclic) bond motifs is 1. The molecular weight excluding hydrogens is 408 g/mol. The molecule has 0 saturated carbocycles. The molecule has 1 N–H and O–H groups in total. The Morgan fingerprint density at radius 2 is 1.97 bits per heavy atom. The number of nitrogens with one attached hydrogen (secondary N) is 1. The Kier molecular flexibility index (Phi) is 5.22. The number of Topliss-reactive ketones (excluding diaryl/α,β-unsaturated/α-hetero) is 1. The normalized spacial score (nSPS) is 20.8. The molecule has 1 aliphatic heterocycles. The number of nitrogens with zero attached hydrogens (tertiary/aromatic N) is 3. The number of carbonyl (C=O) groups excluding carboxylic acids is 1. The van der Waals surface area contributed by atoms with E-state index in [1.807, 2.05) is 24.3 Å². The van der Waals surface area contributed by atoms with Gasteiger partial charge in [0, 0.05) is 24.8 Å². The molecule has 3 unspecified atom stereocenters. The Bertz CT molecular complexity index is 1190. The van der Waals surface area contributed by atoms with Crippen molar-refractivity contribution < 1.29 is 13.2 Å². The van der Waals surface area contributed by atoms with E-state index in [0.29, 0.717) is 18.7 Å². The number of hydrogen-bond donors (Lipinski definition) is 2. The minimum Gasteiger partial charge on any atom is -0.310 e. The summed E-state index contributed by atoms with van der Waals surface area (Å²) in [6, 6.07) is 12.3. The summed E-state index contributed by atoms with van der Waals surface area (Å²) in [7, 11) is -3.83. The number of thiol groups is 1. The van der Waals surface area contributed by atoms with E-state index >= 15 is 0 Å². The van der Waals surface area contributed by atoms with Gasteiger partial charge in [0.05, 0.1) is 10.6 Å². The van der Waals surface area contributed by atoms with Gasteiger partial charge in [-0.2, -0.15) is 12.6 Å². The maximum atomic E-state index is 13.8. The van der Waals surface area contributed by atoms with Gasteiger partial charge < -0.3 is 5.32 Å². The molecular formula is C20H22N4O3S2. The molecule has 0 radical (unpaired) electrons. The van der Waals surface area contributed by atoms with Crippen molar-refractivity contribution in [3.05, 3.63) is 53.9 Å². The molecule has 9 heteroatoms. The van der Waals surface area contributed by atoms with Crippen molar-refractivity contribution in [1.29, 1.82) is 0 Å². The molecule has 1 fully saturated rings. The van der Waals surface area contributed by atoms with E-state index in [9.17, 15) is 13.2 Å². The summed E-state index contributed by atoms with van der Waals surface area (Å²) in [6.45, 7) is 3.67. The van der Waals surface area contributed by atoms with Crippen LogP contribution in [0.3, 0.4) is 0 Å². The van der Waals surface area contributed by atoms with Crippen molar-refractivity contribution in [2.45, 2.75) is 41.8 Å². The highest BCUT2D eigenvalue weighted by Crippen LogP contribution is 2.34. The van der Waals surface area contributed by atoms with Gasteiger partial charge in [0.25, 0.3) is 0 Å². The summed E-state index contributed by atoms with van der Waals surface area (Å²) in [5.41, 5.74) is 0.625. The predicted octanol–water partition coefficient (Wildman–Crippen LogP) is 2.58. The number of carbonyl (C=O) groups is 1. The molecule has 1 aliphatic rings. The molecule has 0 amide bonds. The van der Waals surface area contributed by atoms with Gasteiger partial charge >= 0.3 is 0 Å². The van der Waals surface area contributed by atoms with Crippen molar-refractivity contribution in [2.75, 3.05) is 6.54 Å². The van der Waals surface area contributed by atoms with Crippen LogP contribution in [0.1, 0.15) is 34.9 Å². The maximum Gasteiger partial charge on any atom is 0.203 e. The molecule has 1 aromatic heterocycles. The van der Waals surface area contributed by atoms with Crippen molar-refractivity contribution in [1.82, 2.24) is 20.3 Å². The fourth-order valence-electron chi connectivity index (χ4n) is 3.87. The first-order chi connectivity index (χ1) is 13.8. The molecule has 0 bridgehead atoms. The maximum absolute atomic E-state index is 13.8. The van der Waals surface area contributed by atoms with Crippen LogP contribution in [0.25, 0.3) is 10.8 Å². The lowest BCUT2D eigenvalue weighted by atomic mass is 10.1. The molecule has 1 saturated heterocycles. The Balaban J connectivity index is 1.86. The minimum absolute atomic E-state index is 0.0467. The summed E-state index contributed by atoms with van der Waals surface area (Å²) < 4.78 is 28.9. The van der Waals surface area contributed by atoms with E-state index in [-0.39, 0.29) is 21.6 Å². The highest BCUT2D eigenvalue weighted by Gasteiger charge is 2.41. The van der Waals surface area contributed by atoms with Gasteiger partial charge in [0.15, 0.2) is 16.9 Å². The molecule has 152 valence electrons. The molecule has 29 heavy (non-hydrogen) atoms. The second-order valence-corrected chi connectivity index (χ2v) is 10.1. The Morgan fingerprint density at radius 3 is 2.59 bits per heavy atom. The van der Waals surface area contributed by atoms with Crippen LogP contribution in [0.4, 0.5) is 0 Å². The second-order valence-electron chi connectivity index (χ2n) is 7.37. The van der Waals surface area contributed by atoms with Crippen molar-refractivity contribution in [2.24, 2.45) is 0 Å². The van der Waals surface area contributed by atoms with Crippen LogP contribution in [-0.2, 0) is 9.84 Å². The van der Waals surface area contributed by atoms with Crippen LogP contribution in [0.5, 0.6) is 0 Å². The zero-order valence-electron chi connectivity index (χ0n) is 16.1. The van der Waals surface area contributed by atoms with Crippen molar-refractivity contribution >= 4 is 39.0 Å². The minimum atomic E-state index is -3.83. The molecule has 2 heterocycles. The lowest BCUT2D eigenvalue weighted by Gasteiger charge is -2.25. The van der Waals surface area contributed by atoms with Crippen LogP contribution in [0.15, 0.2) is 47.4 Å². The summed E-state index contributed by atoms with van der Waals surface area (Å²) >= 11 is 4.50. The van der Waals surface area contributed by atoms with Crippen LogP contribution in [0.2, 0.25) is 0 Å². The Labute approximate surface area is 174 Å². The summed E-state index contributed by atoms with van der Waals surface area (Å²) in [5, 5.41) is 12.1. The number of sulfone groups is 1. The zero-order valence-corrected chi connectivity index (χ0v) is 17.8. The van der Waals surface area contributed by atoms with Gasteiger partial charge in [-0.25, -0.2) is 13.1 Å². The van der Waals surface area contributed by atoms with Gasteiger partial charge in [-0.1, -0.05) is 35.5 Å². The lowest BCUT2D eigenvalue weighted by molar-refractivity contribution is 0.101. The fraction of sp³-hybridized carbons (Fsp3) is 0.350. The predicted molar refractivity (Wildman–Crippen MR) is 114 cm³/mol. The monoisotopic (exact) mass is 430 g/mol. The molecule has 7 nitrogen and oxygen atoms in total. The van der Waals surface area contributed by atoms with Gasteiger partial charge in [0.1, 0.15) is 0 Å². The third kappa shape index (κ3) is 3.58. The number of rotatable bonds is 5. The molecule has 4 rings (SSSR count). The fourth-order valence-corrected chi connectivity index (χ4v) is 6.14. The highest BCUT2D eigenvalue weighted by molar-refractivity contribution is 7.91. The topological polar surface area (TPSA) is 93.9 Å². The second kappa shape index (κ2) is 7.55. The Hall–Kier alpha value is -2.23. The summed E-state index contributed by atoms with van der Waals surface area (Å²) in [4.78, 5) is 12.1. The van der Waals surface area contributed by atoms with Crippen LogP contribution < -0.4 is 5.32 Å². The lowest BCUT2D eigenvalue weighted by Crippen LogP contribution is -2.38. The van der Waals surface area contributed by atoms with E-state index in [0.717, 1.165) is 10.8 Å². The van der Waals surface area contributed by atoms with Crippen molar-refractivity contribution in [3.8, 4) is 0 Å². The average molecular weight is 431 g/mol. The van der Waals surface area contributed by atoms with Crippen LogP contribution in [-0.4, -0.2) is 47.0 Å². The number of ketones is 1. The van der Waals surface area contributed by atoms with E-state index < -0.39 is 21.3 Å². The van der Waals surface area contributed by atoms with Crippen LogP contribution in [0, 0.1) is 6.92 Å². The smallest absolute Gasteiger partial charge is 0.203 e. The van der Waals surface area contributed by atoms with Gasteiger partial charge in [-0.3, -0.25) is 4.79 Å². The summed E-state index contributed by atoms with van der Waals surface area (Å²) in [5.74, 6) is -0.248. The van der Waals surface area contributed by atoms with Crippen LogP contribution >= 0.6 is 12.6 Å². The van der Waals surface area contributed by atoms with E-state index in [1.54, 1.807) is 25.1 Å². The number of hydrogen-bond acceptors (Lipinski definition) is 7. The third-order valence-electron chi connectivity index (χ3n) is 5.36. The van der Waals surface area contributed by atoms with Gasteiger partial charge in [-0.15, -0.1) is 5.10 Å². The average Bonchev–Trinajstić information content (AvgIpc) is 3.28. The Morgan fingerprint density at radius 1 is 1.24 bits per heavy atom. The number of benzene rings is 2. The first-order valence-electron chi connectivity index (χ1n) is 9.36. The van der Waals surface area contributed by atoms with Gasteiger partial charge in [-0.05, 0) is 36.2 Å². The van der Waals surface area contributed by atoms with E-state index in [4.69, 9.17) is 0 Å². The molecule has 3 aromatic rings. The van der Waals surface area contributed by atoms with E-state index in [1.165, 1.54) is 11.6 Å².